The van der Waals surface area contributed by atoms with Gasteiger partial charge in [-0.25, -0.2) is 4.98 Å². The van der Waals surface area contributed by atoms with Gasteiger partial charge in [0.25, 0.3) is 5.56 Å². The van der Waals surface area contributed by atoms with Gasteiger partial charge in [0.05, 0.1) is 17.1 Å². The standard InChI is InChI=1S/C12H12N4OS/c1-3-8-4-9-11(17)14-10(15-12(9)18-8)7-5-13-16(2)6-7/h4-6H,3H2,1-2H3,(H,14,15,17). The molecule has 3 heterocycles. The number of aromatic nitrogens is 4. The molecule has 0 saturated heterocycles. The highest BCUT2D eigenvalue weighted by molar-refractivity contribution is 7.18. The number of hydrogen-bond acceptors (Lipinski definition) is 4. The fourth-order valence-electron chi connectivity index (χ4n) is 1.84. The first kappa shape index (κ1) is 11.2. The molecule has 0 unspecified atom stereocenters. The lowest BCUT2D eigenvalue weighted by Crippen LogP contribution is -2.07. The third kappa shape index (κ3) is 1.74. The van der Waals surface area contributed by atoms with E-state index in [1.165, 1.54) is 4.88 Å². The molecular formula is C12H12N4OS. The summed E-state index contributed by atoms with van der Waals surface area (Å²) < 4.78 is 1.69. The van der Waals surface area contributed by atoms with Crippen LogP contribution in [0.1, 0.15) is 11.8 Å². The van der Waals surface area contributed by atoms with Gasteiger partial charge in [0.1, 0.15) is 10.7 Å². The third-order valence-electron chi connectivity index (χ3n) is 2.78. The van der Waals surface area contributed by atoms with Crippen molar-refractivity contribution in [2.24, 2.45) is 7.05 Å². The topological polar surface area (TPSA) is 63.6 Å². The minimum absolute atomic E-state index is 0.0881. The van der Waals surface area contributed by atoms with Crippen LogP contribution in [0, 0.1) is 0 Å². The molecule has 0 aromatic carbocycles. The van der Waals surface area contributed by atoms with Gasteiger partial charge in [0, 0.05) is 18.1 Å². The number of rotatable bonds is 2. The van der Waals surface area contributed by atoms with Crippen molar-refractivity contribution in [3.05, 3.63) is 33.7 Å². The summed E-state index contributed by atoms with van der Waals surface area (Å²) in [6, 6.07) is 1.92. The second kappa shape index (κ2) is 4.06. The molecule has 0 radical (unpaired) electrons. The zero-order valence-corrected chi connectivity index (χ0v) is 10.9. The summed E-state index contributed by atoms with van der Waals surface area (Å²) in [5.74, 6) is 0.574. The minimum atomic E-state index is -0.0881. The monoisotopic (exact) mass is 260 g/mol. The van der Waals surface area contributed by atoms with Crippen LogP contribution in [0.5, 0.6) is 0 Å². The number of aryl methyl sites for hydroxylation is 2. The van der Waals surface area contributed by atoms with Gasteiger partial charge in [-0.15, -0.1) is 11.3 Å². The Morgan fingerprint density at radius 3 is 3.00 bits per heavy atom. The van der Waals surface area contributed by atoms with Crippen molar-refractivity contribution in [2.75, 3.05) is 0 Å². The van der Waals surface area contributed by atoms with Crippen molar-refractivity contribution in [1.82, 2.24) is 19.7 Å². The fraction of sp³-hybridized carbons (Fsp3) is 0.250. The normalized spacial score (nSPS) is 11.2. The van der Waals surface area contributed by atoms with Gasteiger partial charge >= 0.3 is 0 Å². The number of aromatic amines is 1. The highest BCUT2D eigenvalue weighted by Crippen LogP contribution is 2.23. The number of nitrogens with one attached hydrogen (secondary N) is 1. The molecule has 1 N–H and O–H groups in total. The Morgan fingerprint density at radius 2 is 2.33 bits per heavy atom. The average molecular weight is 260 g/mol. The predicted molar refractivity (Wildman–Crippen MR) is 71.8 cm³/mol. The number of nitrogens with zero attached hydrogens (tertiary/aromatic N) is 3. The summed E-state index contributed by atoms with van der Waals surface area (Å²) in [7, 11) is 1.83. The molecule has 0 saturated carbocycles. The Bertz CT molecular complexity index is 768. The number of hydrogen-bond donors (Lipinski definition) is 1. The first-order chi connectivity index (χ1) is 8.67. The lowest BCUT2D eigenvalue weighted by molar-refractivity contribution is 0.768. The summed E-state index contributed by atoms with van der Waals surface area (Å²) in [6.45, 7) is 2.07. The van der Waals surface area contributed by atoms with Crippen LogP contribution in [0.15, 0.2) is 23.3 Å². The SMILES string of the molecule is CCc1cc2c(=O)[nH]c(-c3cnn(C)c3)nc2s1. The first-order valence-corrected chi connectivity index (χ1v) is 6.51. The van der Waals surface area contributed by atoms with E-state index in [1.807, 2.05) is 19.3 Å². The molecule has 0 aliphatic carbocycles. The predicted octanol–water partition coefficient (Wildman–Crippen LogP) is 1.95. The Hall–Kier alpha value is -1.95. The minimum Gasteiger partial charge on any atom is -0.306 e. The van der Waals surface area contributed by atoms with Gasteiger partial charge in [0.2, 0.25) is 0 Å². The van der Waals surface area contributed by atoms with Crippen LogP contribution >= 0.6 is 11.3 Å². The van der Waals surface area contributed by atoms with Gasteiger partial charge in [-0.05, 0) is 12.5 Å². The first-order valence-electron chi connectivity index (χ1n) is 5.69. The molecule has 0 aliphatic rings. The zero-order chi connectivity index (χ0) is 12.7. The van der Waals surface area contributed by atoms with E-state index < -0.39 is 0 Å². The van der Waals surface area contributed by atoms with Crippen LogP contribution < -0.4 is 5.56 Å². The average Bonchev–Trinajstić information content (AvgIpc) is 2.94. The van der Waals surface area contributed by atoms with Crippen molar-refractivity contribution < 1.29 is 0 Å². The molecule has 0 amide bonds. The van der Waals surface area contributed by atoms with E-state index in [0.717, 1.165) is 16.8 Å². The van der Waals surface area contributed by atoms with Crippen LogP contribution in [-0.2, 0) is 13.5 Å². The van der Waals surface area contributed by atoms with Crippen molar-refractivity contribution in [2.45, 2.75) is 13.3 Å². The van der Waals surface area contributed by atoms with Crippen LogP contribution in [0.2, 0.25) is 0 Å². The van der Waals surface area contributed by atoms with Crippen LogP contribution in [0.3, 0.4) is 0 Å². The highest BCUT2D eigenvalue weighted by Gasteiger charge is 2.10. The Balaban J connectivity index is 2.23. The quantitative estimate of drug-likeness (QED) is 0.766. The van der Waals surface area contributed by atoms with E-state index in [1.54, 1.807) is 22.2 Å². The van der Waals surface area contributed by atoms with Crippen molar-refractivity contribution in [3.63, 3.8) is 0 Å². The molecule has 18 heavy (non-hydrogen) atoms. The van der Waals surface area contributed by atoms with Gasteiger partial charge in [-0.3, -0.25) is 9.48 Å². The van der Waals surface area contributed by atoms with Crippen LogP contribution in [0.4, 0.5) is 0 Å². The summed E-state index contributed by atoms with van der Waals surface area (Å²) in [6.07, 6.45) is 4.44. The highest BCUT2D eigenvalue weighted by atomic mass is 32.1. The van der Waals surface area contributed by atoms with Gasteiger partial charge in [-0.1, -0.05) is 6.92 Å². The maximum absolute atomic E-state index is 12.0. The zero-order valence-electron chi connectivity index (χ0n) is 10.1. The molecule has 0 spiro atoms. The molecule has 92 valence electrons. The molecule has 0 fully saturated rings. The molecular weight excluding hydrogens is 248 g/mol. The molecule has 0 aliphatic heterocycles. The Labute approximate surface area is 107 Å². The smallest absolute Gasteiger partial charge is 0.259 e. The molecule has 6 heteroatoms. The lowest BCUT2D eigenvalue weighted by atomic mass is 10.3. The van der Waals surface area contributed by atoms with Gasteiger partial charge in [0.15, 0.2) is 0 Å². The summed E-state index contributed by atoms with van der Waals surface area (Å²) in [5, 5.41) is 4.75. The van der Waals surface area contributed by atoms with Crippen molar-refractivity contribution in [3.8, 4) is 11.4 Å². The molecule has 5 nitrogen and oxygen atoms in total. The van der Waals surface area contributed by atoms with E-state index >= 15 is 0 Å². The molecule has 0 atom stereocenters. The third-order valence-corrected chi connectivity index (χ3v) is 3.95. The Kier molecular flexibility index (Phi) is 2.52. The summed E-state index contributed by atoms with van der Waals surface area (Å²) in [4.78, 5) is 21.3. The summed E-state index contributed by atoms with van der Waals surface area (Å²) in [5.41, 5.74) is 0.734. The van der Waals surface area contributed by atoms with E-state index in [-0.39, 0.29) is 5.56 Å². The van der Waals surface area contributed by atoms with Crippen LogP contribution in [0.25, 0.3) is 21.6 Å². The largest absolute Gasteiger partial charge is 0.306 e. The van der Waals surface area contributed by atoms with Gasteiger partial charge < -0.3 is 4.98 Å². The second-order valence-electron chi connectivity index (χ2n) is 4.10. The molecule has 3 aromatic rings. The van der Waals surface area contributed by atoms with Gasteiger partial charge in [-0.2, -0.15) is 5.10 Å². The maximum atomic E-state index is 12.0. The number of fused-ring (bicyclic) bond motifs is 1. The number of H-pyrrole nitrogens is 1. The molecule has 3 aromatic heterocycles. The second-order valence-corrected chi connectivity index (χ2v) is 5.22. The van der Waals surface area contributed by atoms with E-state index in [4.69, 9.17) is 0 Å². The van der Waals surface area contributed by atoms with E-state index in [0.29, 0.717) is 11.2 Å². The van der Waals surface area contributed by atoms with E-state index in [2.05, 4.69) is 22.0 Å². The Morgan fingerprint density at radius 1 is 1.50 bits per heavy atom. The maximum Gasteiger partial charge on any atom is 0.259 e. The van der Waals surface area contributed by atoms with Crippen molar-refractivity contribution in [1.29, 1.82) is 0 Å². The molecule has 3 rings (SSSR count). The number of thiophene rings is 1. The molecule has 0 bridgehead atoms. The fourth-order valence-corrected chi connectivity index (χ4v) is 2.80. The summed E-state index contributed by atoms with van der Waals surface area (Å²) >= 11 is 1.57. The van der Waals surface area contributed by atoms with Crippen LogP contribution in [-0.4, -0.2) is 19.7 Å². The van der Waals surface area contributed by atoms with E-state index in [9.17, 15) is 4.79 Å². The lowest BCUT2D eigenvalue weighted by Gasteiger charge is -1.96. The van der Waals surface area contributed by atoms with Crippen molar-refractivity contribution >= 4 is 21.6 Å².